The lowest BCUT2D eigenvalue weighted by Gasteiger charge is -2.32. The van der Waals surface area contributed by atoms with Crippen molar-refractivity contribution in [1.29, 1.82) is 0 Å². The summed E-state index contributed by atoms with van der Waals surface area (Å²) in [5.74, 6) is 1.01. The zero-order valence-electron chi connectivity index (χ0n) is 10.4. The van der Waals surface area contributed by atoms with Gasteiger partial charge in [-0.25, -0.2) is 0 Å². The molecule has 1 unspecified atom stereocenters. The van der Waals surface area contributed by atoms with Crippen molar-refractivity contribution >= 4 is 0 Å². The Morgan fingerprint density at radius 2 is 2.06 bits per heavy atom. The van der Waals surface area contributed by atoms with Crippen LogP contribution in [-0.4, -0.2) is 7.11 Å². The minimum atomic E-state index is -0.0500. The van der Waals surface area contributed by atoms with Gasteiger partial charge in [-0.3, -0.25) is 0 Å². The largest absolute Gasteiger partial charge is 0.496 e. The molecule has 0 aromatic carbocycles. The minimum Gasteiger partial charge on any atom is -0.496 e. The molecule has 0 amide bonds. The van der Waals surface area contributed by atoms with Crippen molar-refractivity contribution in [3.05, 3.63) is 70.8 Å². The van der Waals surface area contributed by atoms with Gasteiger partial charge in [0.1, 0.15) is 5.76 Å². The predicted octanol–water partition coefficient (Wildman–Crippen LogP) is 3.10. The molecule has 2 heteroatoms. The molecule has 1 atom stereocenters. The summed E-state index contributed by atoms with van der Waals surface area (Å²) in [7, 11) is 1.75. The number of rotatable bonds is 1. The number of hydrogen-bond acceptors (Lipinski definition) is 2. The fourth-order valence-electron chi connectivity index (χ4n) is 3.47. The Labute approximate surface area is 107 Å². The Kier molecular flexibility index (Phi) is 1.83. The average Bonchev–Trinajstić information content (AvgIpc) is 2.97. The van der Waals surface area contributed by atoms with Crippen LogP contribution in [0.3, 0.4) is 0 Å². The second-order valence-corrected chi connectivity index (χ2v) is 4.98. The first kappa shape index (κ1) is 10.0. The van der Waals surface area contributed by atoms with Crippen LogP contribution in [0, 0.1) is 5.41 Å². The van der Waals surface area contributed by atoms with E-state index in [0.29, 0.717) is 0 Å². The molecule has 4 rings (SSSR count). The summed E-state index contributed by atoms with van der Waals surface area (Å²) in [6, 6.07) is 0. The third-order valence-corrected chi connectivity index (χ3v) is 4.24. The van der Waals surface area contributed by atoms with Crippen LogP contribution in [0.5, 0.6) is 0 Å². The van der Waals surface area contributed by atoms with Crippen molar-refractivity contribution in [1.82, 2.24) is 5.32 Å². The number of hydrogen-bond donors (Lipinski definition) is 1. The lowest BCUT2D eigenvalue weighted by atomic mass is 9.72. The number of methoxy groups -OCH3 is 1. The van der Waals surface area contributed by atoms with Crippen LogP contribution in [0.15, 0.2) is 70.8 Å². The van der Waals surface area contributed by atoms with Crippen LogP contribution >= 0.6 is 0 Å². The van der Waals surface area contributed by atoms with Crippen LogP contribution in [0.25, 0.3) is 0 Å². The van der Waals surface area contributed by atoms with E-state index in [1.165, 1.54) is 22.4 Å². The lowest BCUT2D eigenvalue weighted by Crippen LogP contribution is -2.26. The van der Waals surface area contributed by atoms with Crippen LogP contribution in [0.2, 0.25) is 0 Å². The van der Waals surface area contributed by atoms with E-state index in [1.54, 1.807) is 7.11 Å². The maximum Gasteiger partial charge on any atom is 0.122 e. The van der Waals surface area contributed by atoms with Gasteiger partial charge in [-0.05, 0) is 48.4 Å². The van der Waals surface area contributed by atoms with Gasteiger partial charge in [0.15, 0.2) is 0 Å². The number of nitrogens with one attached hydrogen (secondary N) is 1. The fourth-order valence-corrected chi connectivity index (χ4v) is 3.47. The normalized spacial score (nSPS) is 31.1. The van der Waals surface area contributed by atoms with Gasteiger partial charge >= 0.3 is 0 Å². The van der Waals surface area contributed by atoms with Crippen LogP contribution in [0.4, 0.5) is 0 Å². The molecule has 0 radical (unpaired) electrons. The van der Waals surface area contributed by atoms with Crippen molar-refractivity contribution in [2.45, 2.75) is 12.8 Å². The highest BCUT2D eigenvalue weighted by molar-refractivity contribution is 5.71. The molecular formula is C16H15NO. The number of allylic oxidation sites excluding steroid dienone is 7. The topological polar surface area (TPSA) is 21.3 Å². The van der Waals surface area contributed by atoms with Crippen LogP contribution < -0.4 is 5.32 Å². The summed E-state index contributed by atoms with van der Waals surface area (Å²) in [4.78, 5) is 0. The third kappa shape index (κ3) is 0.993. The second-order valence-electron chi connectivity index (χ2n) is 4.98. The Bertz CT molecular complexity index is 613. The average molecular weight is 237 g/mol. The van der Waals surface area contributed by atoms with Crippen LogP contribution in [-0.2, 0) is 4.74 Å². The summed E-state index contributed by atoms with van der Waals surface area (Å²) in [6.07, 6.45) is 17.7. The molecule has 3 aliphatic carbocycles. The Morgan fingerprint density at radius 1 is 1.17 bits per heavy atom. The van der Waals surface area contributed by atoms with Gasteiger partial charge in [-0.2, -0.15) is 0 Å². The second kappa shape index (κ2) is 3.29. The molecule has 90 valence electrons. The molecule has 0 saturated carbocycles. The first-order chi connectivity index (χ1) is 8.86. The van der Waals surface area contributed by atoms with E-state index in [4.69, 9.17) is 4.74 Å². The molecule has 2 nitrogen and oxygen atoms in total. The summed E-state index contributed by atoms with van der Waals surface area (Å²) in [5, 5.41) is 3.39. The summed E-state index contributed by atoms with van der Waals surface area (Å²) >= 11 is 0. The Morgan fingerprint density at radius 3 is 2.94 bits per heavy atom. The van der Waals surface area contributed by atoms with Crippen molar-refractivity contribution < 1.29 is 4.74 Å². The first-order valence-corrected chi connectivity index (χ1v) is 6.39. The highest BCUT2D eigenvalue weighted by Crippen LogP contribution is 2.57. The van der Waals surface area contributed by atoms with Gasteiger partial charge in [-0.15, -0.1) is 0 Å². The molecule has 1 spiro atoms. The highest BCUT2D eigenvalue weighted by atomic mass is 16.5. The van der Waals surface area contributed by atoms with Gasteiger partial charge in [-0.1, -0.05) is 18.2 Å². The maximum atomic E-state index is 5.52. The summed E-state index contributed by atoms with van der Waals surface area (Å²) in [6.45, 7) is 0. The standard InChI is InChI=1S/C16H15NO/c1-18-14-6-3-5-13-12(14)10-11-4-2-7-15-16(11,13)8-9-17-15/h4-10,17H,2-3H2,1H3. The van der Waals surface area contributed by atoms with Crippen molar-refractivity contribution in [2.24, 2.45) is 5.41 Å². The van der Waals surface area contributed by atoms with Crippen LogP contribution in [0.1, 0.15) is 12.8 Å². The summed E-state index contributed by atoms with van der Waals surface area (Å²) < 4.78 is 5.52. The third-order valence-electron chi connectivity index (χ3n) is 4.24. The molecule has 1 N–H and O–H groups in total. The van der Waals surface area contributed by atoms with E-state index >= 15 is 0 Å². The minimum absolute atomic E-state index is 0.0500. The van der Waals surface area contributed by atoms with Gasteiger partial charge in [0.2, 0.25) is 0 Å². The van der Waals surface area contributed by atoms with Crippen molar-refractivity contribution in [3.8, 4) is 0 Å². The van der Waals surface area contributed by atoms with E-state index in [9.17, 15) is 0 Å². The number of ether oxygens (including phenoxy) is 1. The predicted molar refractivity (Wildman–Crippen MR) is 71.4 cm³/mol. The molecule has 0 saturated heterocycles. The Hall–Kier alpha value is -1.96. The fraction of sp³-hybridized carbons (Fsp3) is 0.250. The molecule has 0 aromatic rings. The van der Waals surface area contributed by atoms with Gasteiger partial charge < -0.3 is 10.1 Å². The van der Waals surface area contributed by atoms with E-state index < -0.39 is 0 Å². The van der Waals surface area contributed by atoms with Crippen molar-refractivity contribution in [3.63, 3.8) is 0 Å². The molecule has 1 aliphatic heterocycles. The lowest BCUT2D eigenvalue weighted by molar-refractivity contribution is 0.299. The van der Waals surface area contributed by atoms with Gasteiger partial charge in [0.25, 0.3) is 0 Å². The van der Waals surface area contributed by atoms with E-state index in [0.717, 1.165) is 18.6 Å². The highest BCUT2D eigenvalue weighted by Gasteiger charge is 2.48. The van der Waals surface area contributed by atoms with E-state index in [-0.39, 0.29) is 5.41 Å². The molecule has 0 fully saturated rings. The molecule has 4 aliphatic rings. The molecule has 18 heavy (non-hydrogen) atoms. The smallest absolute Gasteiger partial charge is 0.122 e. The molecular weight excluding hydrogens is 222 g/mol. The maximum absolute atomic E-state index is 5.52. The zero-order chi connectivity index (χ0) is 12.2. The van der Waals surface area contributed by atoms with Gasteiger partial charge in [0.05, 0.1) is 12.5 Å². The summed E-state index contributed by atoms with van der Waals surface area (Å²) in [5.41, 5.74) is 5.25. The number of fused-ring (bicyclic) bond motifs is 1. The van der Waals surface area contributed by atoms with E-state index in [1.807, 2.05) is 0 Å². The SMILES string of the molecule is COC1=CCC=C2C1=CC1=CCC=C3NC=CC132. The molecule has 0 bridgehead atoms. The first-order valence-electron chi connectivity index (χ1n) is 6.39. The van der Waals surface area contributed by atoms with Gasteiger partial charge in [0, 0.05) is 11.3 Å². The molecule has 1 heterocycles. The monoisotopic (exact) mass is 237 g/mol. The van der Waals surface area contributed by atoms with E-state index in [2.05, 4.69) is 48.0 Å². The zero-order valence-corrected chi connectivity index (χ0v) is 10.4. The quantitative estimate of drug-likeness (QED) is 0.756. The Balaban J connectivity index is 1.94. The molecule has 0 aromatic heterocycles. The van der Waals surface area contributed by atoms with Crippen molar-refractivity contribution in [2.75, 3.05) is 7.11 Å².